The maximum absolute atomic E-state index is 6.36. The molecule has 0 amide bonds. The molecule has 2 heterocycles. The van der Waals surface area contributed by atoms with Gasteiger partial charge in [0.2, 0.25) is 0 Å². The van der Waals surface area contributed by atoms with E-state index in [0.717, 1.165) is 11.2 Å². The Morgan fingerprint density at radius 1 is 0.469 bits per heavy atom. The van der Waals surface area contributed by atoms with Crippen LogP contribution in [0.15, 0.2) is 126 Å². The van der Waals surface area contributed by atoms with Crippen LogP contribution in [-0.2, 0) is 0 Å². The highest BCUT2D eigenvalue weighted by molar-refractivity contribution is 7.23. The Bertz CT molecular complexity index is 1570. The zero-order valence-electron chi connectivity index (χ0n) is 17.5. The first-order chi connectivity index (χ1) is 15.9. The SMILES string of the molecule is c1ccc([Si]2(c3ccccc3)c3ccccc3-c3ccc4oc5ccccc5c4c32)cc1. The topological polar surface area (TPSA) is 13.1 Å². The molecule has 2 heteroatoms. The monoisotopic (exact) mass is 424 g/mol. The van der Waals surface area contributed by atoms with E-state index in [4.69, 9.17) is 4.42 Å². The number of hydrogen-bond donors (Lipinski definition) is 0. The first-order valence-corrected chi connectivity index (χ1v) is 13.0. The van der Waals surface area contributed by atoms with Crippen LogP contribution in [0.3, 0.4) is 0 Å². The van der Waals surface area contributed by atoms with E-state index < -0.39 is 8.07 Å². The minimum absolute atomic E-state index is 0.955. The highest BCUT2D eigenvalue weighted by atomic mass is 28.3. The van der Waals surface area contributed by atoms with Gasteiger partial charge in [0.25, 0.3) is 0 Å². The van der Waals surface area contributed by atoms with Crippen LogP contribution in [-0.4, -0.2) is 8.07 Å². The highest BCUT2D eigenvalue weighted by Crippen LogP contribution is 2.36. The average Bonchev–Trinajstić information content (AvgIpc) is 3.39. The van der Waals surface area contributed by atoms with E-state index in [1.165, 1.54) is 42.6 Å². The Hall–Kier alpha value is -3.88. The summed E-state index contributed by atoms with van der Waals surface area (Å²) >= 11 is 0. The molecular formula is C30H20OSi. The molecule has 0 aliphatic carbocycles. The lowest BCUT2D eigenvalue weighted by molar-refractivity contribution is 0.669. The zero-order valence-corrected chi connectivity index (χ0v) is 18.5. The Balaban J connectivity index is 1.77. The number of benzene rings is 5. The quantitative estimate of drug-likeness (QED) is 0.358. The standard InChI is InChI=1S/C30H20OSi/c1-3-11-21(12-4-1)32(22-13-5-2-6-14-22)28-18-10-8-15-23(28)24-19-20-27-29(30(24)32)25-16-7-9-17-26(25)31-27/h1-20H. The van der Waals surface area contributed by atoms with Gasteiger partial charge >= 0.3 is 0 Å². The summed E-state index contributed by atoms with van der Waals surface area (Å²) in [5, 5.41) is 8.22. The van der Waals surface area contributed by atoms with E-state index in [-0.39, 0.29) is 0 Å². The minimum atomic E-state index is -2.53. The van der Waals surface area contributed by atoms with Crippen molar-refractivity contribution in [1.29, 1.82) is 0 Å². The second-order valence-corrected chi connectivity index (χ2v) is 12.2. The maximum atomic E-state index is 6.36. The van der Waals surface area contributed by atoms with E-state index in [1.807, 2.05) is 0 Å². The van der Waals surface area contributed by atoms with Gasteiger partial charge in [0.1, 0.15) is 11.2 Å². The number of para-hydroxylation sites is 1. The van der Waals surface area contributed by atoms with Crippen molar-refractivity contribution < 1.29 is 4.42 Å². The molecule has 6 aromatic rings. The molecule has 5 aromatic carbocycles. The second kappa shape index (κ2) is 6.56. The fraction of sp³-hybridized carbons (Fsp3) is 0. The third-order valence-electron chi connectivity index (χ3n) is 6.95. The Morgan fingerprint density at radius 2 is 1.09 bits per heavy atom. The van der Waals surface area contributed by atoms with Crippen molar-refractivity contribution >= 4 is 50.8 Å². The van der Waals surface area contributed by atoms with Crippen molar-refractivity contribution in [3.63, 3.8) is 0 Å². The summed E-state index contributed by atoms with van der Waals surface area (Å²) < 4.78 is 6.36. The van der Waals surface area contributed by atoms with E-state index in [1.54, 1.807) is 0 Å². The summed E-state index contributed by atoms with van der Waals surface area (Å²) in [6.07, 6.45) is 0. The molecule has 1 aliphatic rings. The van der Waals surface area contributed by atoms with E-state index in [0.29, 0.717) is 0 Å². The molecule has 1 aromatic heterocycles. The lowest BCUT2D eigenvalue weighted by Crippen LogP contribution is -2.72. The van der Waals surface area contributed by atoms with E-state index >= 15 is 0 Å². The van der Waals surface area contributed by atoms with Gasteiger partial charge in [0.05, 0.1) is 0 Å². The van der Waals surface area contributed by atoms with Crippen molar-refractivity contribution in [1.82, 2.24) is 0 Å². The second-order valence-electron chi connectivity index (χ2n) is 8.49. The molecule has 0 unspecified atom stereocenters. The summed E-state index contributed by atoms with van der Waals surface area (Å²) in [5.74, 6) is 0. The largest absolute Gasteiger partial charge is 0.456 e. The first-order valence-electron chi connectivity index (χ1n) is 11.0. The zero-order chi connectivity index (χ0) is 21.1. The molecule has 1 aliphatic heterocycles. The molecule has 0 atom stereocenters. The molecule has 0 saturated heterocycles. The van der Waals surface area contributed by atoms with E-state index in [2.05, 4.69) is 121 Å². The average molecular weight is 425 g/mol. The first kappa shape index (κ1) is 17.8. The van der Waals surface area contributed by atoms with Crippen molar-refractivity contribution in [3.8, 4) is 11.1 Å². The van der Waals surface area contributed by atoms with Gasteiger partial charge in [-0.3, -0.25) is 0 Å². The normalized spacial score (nSPS) is 13.9. The summed E-state index contributed by atoms with van der Waals surface area (Å²) in [6.45, 7) is 0. The Labute approximate surface area is 187 Å². The molecule has 0 spiro atoms. The van der Waals surface area contributed by atoms with Crippen LogP contribution in [0.4, 0.5) is 0 Å². The molecule has 0 bridgehead atoms. The van der Waals surface area contributed by atoms with Gasteiger partial charge in [-0.2, -0.15) is 0 Å². The number of rotatable bonds is 2. The van der Waals surface area contributed by atoms with Crippen molar-refractivity contribution in [3.05, 3.63) is 121 Å². The number of furan rings is 1. The summed E-state index contributed by atoms with van der Waals surface area (Å²) in [5.41, 5.74) is 4.63. The van der Waals surface area contributed by atoms with Crippen LogP contribution in [0, 0.1) is 0 Å². The molecule has 0 fully saturated rings. The van der Waals surface area contributed by atoms with Gasteiger partial charge in [-0.05, 0) is 44.0 Å². The Kier molecular flexibility index (Phi) is 3.64. The molecule has 0 saturated carbocycles. The molecule has 150 valence electrons. The Morgan fingerprint density at radius 3 is 1.84 bits per heavy atom. The predicted octanol–water partition coefficient (Wildman–Crippen LogP) is 4.94. The van der Waals surface area contributed by atoms with Crippen molar-refractivity contribution in [2.24, 2.45) is 0 Å². The molecule has 7 rings (SSSR count). The lowest BCUT2D eigenvalue weighted by atomic mass is 10.0. The van der Waals surface area contributed by atoms with Crippen molar-refractivity contribution in [2.45, 2.75) is 0 Å². The fourth-order valence-corrected chi connectivity index (χ4v) is 11.2. The van der Waals surface area contributed by atoms with Gasteiger partial charge in [-0.25, -0.2) is 0 Å². The van der Waals surface area contributed by atoms with Crippen molar-refractivity contribution in [2.75, 3.05) is 0 Å². The van der Waals surface area contributed by atoms with Crippen LogP contribution >= 0.6 is 0 Å². The lowest BCUT2D eigenvalue weighted by Gasteiger charge is -2.31. The van der Waals surface area contributed by atoms with Gasteiger partial charge in [-0.1, -0.05) is 109 Å². The fourth-order valence-electron chi connectivity index (χ4n) is 5.75. The minimum Gasteiger partial charge on any atom is -0.456 e. The third kappa shape index (κ3) is 2.17. The molecular weight excluding hydrogens is 404 g/mol. The molecule has 0 N–H and O–H groups in total. The molecule has 32 heavy (non-hydrogen) atoms. The number of fused-ring (bicyclic) bond motifs is 7. The van der Waals surface area contributed by atoms with Gasteiger partial charge in [0.15, 0.2) is 8.07 Å². The summed E-state index contributed by atoms with van der Waals surface area (Å²) in [6, 6.07) is 44.2. The van der Waals surface area contributed by atoms with Crippen LogP contribution in [0.25, 0.3) is 33.1 Å². The van der Waals surface area contributed by atoms with E-state index in [9.17, 15) is 0 Å². The van der Waals surface area contributed by atoms with Crippen LogP contribution < -0.4 is 20.7 Å². The predicted molar refractivity (Wildman–Crippen MR) is 136 cm³/mol. The maximum Gasteiger partial charge on any atom is 0.181 e. The smallest absolute Gasteiger partial charge is 0.181 e. The molecule has 0 radical (unpaired) electrons. The van der Waals surface area contributed by atoms with Crippen LogP contribution in [0.2, 0.25) is 0 Å². The van der Waals surface area contributed by atoms with Crippen LogP contribution in [0.5, 0.6) is 0 Å². The molecule has 1 nitrogen and oxygen atoms in total. The highest BCUT2D eigenvalue weighted by Gasteiger charge is 2.50. The third-order valence-corrected chi connectivity index (χ3v) is 11.9. The van der Waals surface area contributed by atoms with Crippen LogP contribution in [0.1, 0.15) is 0 Å². The van der Waals surface area contributed by atoms with Gasteiger partial charge in [-0.15, -0.1) is 0 Å². The van der Waals surface area contributed by atoms with Gasteiger partial charge in [0, 0.05) is 10.8 Å². The summed E-state index contributed by atoms with van der Waals surface area (Å²) in [7, 11) is -2.53. The summed E-state index contributed by atoms with van der Waals surface area (Å²) in [4.78, 5) is 0. The number of hydrogen-bond acceptors (Lipinski definition) is 1. The van der Waals surface area contributed by atoms with Gasteiger partial charge < -0.3 is 4.42 Å².